The van der Waals surface area contributed by atoms with Gasteiger partial charge in [-0.15, -0.1) is 0 Å². The number of hydrogen-bond donors (Lipinski definition) is 3. The number of rotatable bonds is 23. The molecule has 0 amide bonds. The molecule has 0 aliphatic heterocycles. The van der Waals surface area contributed by atoms with Crippen LogP contribution in [-0.2, 0) is 52.5 Å². The zero-order valence-electron chi connectivity index (χ0n) is 35.8. The van der Waals surface area contributed by atoms with E-state index in [4.69, 9.17) is 33.9 Å². The van der Waals surface area contributed by atoms with Gasteiger partial charge in [0.2, 0.25) is 0 Å². The van der Waals surface area contributed by atoms with Crippen LogP contribution in [0.4, 0.5) is 0 Å². The van der Waals surface area contributed by atoms with Gasteiger partial charge in [-0.05, 0) is 71.9 Å². The van der Waals surface area contributed by atoms with Crippen molar-refractivity contribution < 1.29 is 72.6 Å². The normalized spacial score (nSPS) is 19.0. The standard InChI is InChI=1S/C13H18O3.C12H20O4.C10H18O4.C8H12O4.8CH4/c1-11(14)10-13(15-2)8-9-16-12-6-4-3-5-7-12;1-9(13)8-12(16-2)7-5-3-4-6-10(12)11(14)15;1-8(11)7-9(14-2)5-3-4-6-10(12)13;1-5(9)3-8(12-2)4-6(8)7(10)11;;;;;;;;/h3-7,13H,8-10H2,1-2H3;10H,3-8H2,1-2H3,(H,14,15);9H,3-7H2,1-2H3,(H,12,13);6H,3-4H2,1-2H3,(H,10,11);8*1H4. The van der Waals surface area contributed by atoms with Crippen LogP contribution in [0.3, 0.4) is 0 Å². The maximum absolute atomic E-state index is 11.3. The van der Waals surface area contributed by atoms with Crippen molar-refractivity contribution in [2.45, 2.75) is 207 Å². The van der Waals surface area contributed by atoms with Crippen molar-refractivity contribution in [3.63, 3.8) is 0 Å². The molecule has 15 nitrogen and oxygen atoms in total. The second-order valence-corrected chi connectivity index (χ2v) is 15.0. The van der Waals surface area contributed by atoms with Gasteiger partial charge in [-0.1, -0.05) is 103 Å². The molecule has 6 unspecified atom stereocenters. The Hall–Kier alpha value is -4.05. The van der Waals surface area contributed by atoms with Crippen molar-refractivity contribution in [3.8, 4) is 5.75 Å². The summed E-state index contributed by atoms with van der Waals surface area (Å²) in [6, 6.07) is 9.62. The number of methoxy groups -OCH3 is 4. The molecule has 0 radical (unpaired) electrons. The zero-order chi connectivity index (χ0) is 44.3. The number of aliphatic carboxylic acids is 3. The lowest BCUT2D eigenvalue weighted by atomic mass is 9.79. The lowest BCUT2D eigenvalue weighted by molar-refractivity contribution is -0.158. The first kappa shape index (κ1) is 82.1. The van der Waals surface area contributed by atoms with Gasteiger partial charge >= 0.3 is 17.9 Å². The van der Waals surface area contributed by atoms with Crippen molar-refractivity contribution in [2.24, 2.45) is 11.8 Å². The molecule has 2 fully saturated rings. The molecule has 394 valence electrons. The summed E-state index contributed by atoms with van der Waals surface area (Å²) in [6.07, 6.45) is 8.89. The Labute approximate surface area is 402 Å². The van der Waals surface area contributed by atoms with E-state index in [1.165, 1.54) is 35.0 Å². The summed E-state index contributed by atoms with van der Waals surface area (Å²) in [5.41, 5.74) is -1.48. The van der Waals surface area contributed by atoms with E-state index in [0.29, 0.717) is 45.1 Å². The average molecular weight is 953 g/mol. The maximum atomic E-state index is 11.3. The van der Waals surface area contributed by atoms with E-state index in [-0.39, 0.29) is 114 Å². The SMILES string of the molecule is C.C.C.C.C.C.C.C.COC(CCCCC(=O)O)CC(C)=O.COC(CCOc1ccccc1)CC(C)=O.COC1(CC(C)=O)CC1C(=O)O.COC1(CC(C)=O)CCCCCC1C(=O)O. The first-order chi connectivity index (χ1) is 27.3. The predicted molar refractivity (Wildman–Crippen MR) is 269 cm³/mol. The smallest absolute Gasteiger partial charge is 0.309 e. The van der Waals surface area contributed by atoms with Crippen LogP contribution in [0.5, 0.6) is 5.75 Å². The molecule has 2 aliphatic carbocycles. The van der Waals surface area contributed by atoms with E-state index in [9.17, 15) is 38.7 Å². The third-order valence-corrected chi connectivity index (χ3v) is 10.1. The Morgan fingerprint density at radius 2 is 1.05 bits per heavy atom. The molecule has 0 saturated heterocycles. The Kier molecular flexibility index (Phi) is 55.7. The lowest BCUT2D eigenvalue weighted by Crippen LogP contribution is -2.45. The van der Waals surface area contributed by atoms with E-state index in [1.54, 1.807) is 21.1 Å². The number of carbonyl (C=O) groups excluding carboxylic acids is 4. The number of carbonyl (C=O) groups is 7. The van der Waals surface area contributed by atoms with Crippen molar-refractivity contribution in [1.29, 1.82) is 0 Å². The Bertz CT molecular complexity index is 1420. The molecule has 1 aromatic rings. The van der Waals surface area contributed by atoms with Crippen LogP contribution in [0.15, 0.2) is 30.3 Å². The van der Waals surface area contributed by atoms with Gasteiger partial charge in [0.05, 0.1) is 41.9 Å². The molecule has 0 spiro atoms. The van der Waals surface area contributed by atoms with Gasteiger partial charge in [-0.25, -0.2) is 0 Å². The first-order valence-corrected chi connectivity index (χ1v) is 19.8. The van der Waals surface area contributed by atoms with Crippen LogP contribution >= 0.6 is 0 Å². The van der Waals surface area contributed by atoms with Crippen LogP contribution < -0.4 is 4.74 Å². The molecule has 0 heterocycles. The van der Waals surface area contributed by atoms with E-state index >= 15 is 0 Å². The Balaban J connectivity index is -0.0000000906. The molecule has 3 N–H and O–H groups in total. The summed E-state index contributed by atoms with van der Waals surface area (Å²) in [5, 5.41) is 26.3. The van der Waals surface area contributed by atoms with Gasteiger partial charge in [0.25, 0.3) is 0 Å². The van der Waals surface area contributed by atoms with Crippen LogP contribution in [0, 0.1) is 11.8 Å². The second-order valence-electron chi connectivity index (χ2n) is 15.0. The van der Waals surface area contributed by atoms with Crippen molar-refractivity contribution >= 4 is 41.0 Å². The first-order valence-electron chi connectivity index (χ1n) is 19.8. The second kappa shape index (κ2) is 44.8. The topological polar surface area (TPSA) is 226 Å². The Morgan fingerprint density at radius 3 is 1.42 bits per heavy atom. The van der Waals surface area contributed by atoms with E-state index in [2.05, 4.69) is 0 Å². The minimum Gasteiger partial charge on any atom is -0.493 e. The largest absolute Gasteiger partial charge is 0.493 e. The zero-order valence-corrected chi connectivity index (χ0v) is 35.8. The molecule has 2 saturated carbocycles. The minimum atomic E-state index is -0.877. The van der Waals surface area contributed by atoms with Crippen LogP contribution in [0.2, 0.25) is 0 Å². The molecule has 3 rings (SSSR count). The van der Waals surface area contributed by atoms with Crippen molar-refractivity contribution in [3.05, 3.63) is 30.3 Å². The number of Topliss-reactive ketones (excluding diaryl/α,β-unsaturated/α-hetero) is 4. The molecule has 0 aromatic heterocycles. The molecule has 15 heteroatoms. The highest BCUT2D eigenvalue weighted by Gasteiger charge is 2.60. The number of carboxylic acid groups (broad SMARTS) is 3. The van der Waals surface area contributed by atoms with Gasteiger partial charge in [0.1, 0.15) is 28.9 Å². The van der Waals surface area contributed by atoms with E-state index < -0.39 is 40.9 Å². The minimum absolute atomic E-state index is 0. The molecule has 2 aliphatic rings. The van der Waals surface area contributed by atoms with Crippen LogP contribution in [0.1, 0.15) is 183 Å². The monoisotopic (exact) mass is 953 g/mol. The highest BCUT2D eigenvalue weighted by molar-refractivity contribution is 5.82. The number of ether oxygens (including phenoxy) is 5. The maximum Gasteiger partial charge on any atom is 0.309 e. The molecular weight excluding hydrogens is 853 g/mol. The summed E-state index contributed by atoms with van der Waals surface area (Å²) in [4.78, 5) is 75.7. The van der Waals surface area contributed by atoms with Gasteiger partial charge in [0, 0.05) is 67.0 Å². The highest BCUT2D eigenvalue weighted by Crippen LogP contribution is 2.49. The highest BCUT2D eigenvalue weighted by atomic mass is 16.5. The molecular formula is C51H100O15. The summed E-state index contributed by atoms with van der Waals surface area (Å²) >= 11 is 0. The van der Waals surface area contributed by atoms with Gasteiger partial charge in [-0.2, -0.15) is 0 Å². The lowest BCUT2D eigenvalue weighted by Gasteiger charge is -2.35. The molecule has 1 aromatic carbocycles. The van der Waals surface area contributed by atoms with Gasteiger partial charge < -0.3 is 39.0 Å². The third kappa shape index (κ3) is 35.2. The number of carboxylic acids is 3. The molecule has 66 heavy (non-hydrogen) atoms. The van der Waals surface area contributed by atoms with E-state index in [1.807, 2.05) is 30.3 Å². The fourth-order valence-electron chi connectivity index (χ4n) is 6.92. The van der Waals surface area contributed by atoms with Crippen LogP contribution in [0.25, 0.3) is 0 Å². The number of hydrogen-bond acceptors (Lipinski definition) is 12. The fraction of sp³-hybridized carbons (Fsp3) is 0.745. The Morgan fingerprint density at radius 1 is 0.591 bits per heavy atom. The molecule has 0 bridgehead atoms. The summed E-state index contributed by atoms with van der Waals surface area (Å²) in [7, 11) is 6.16. The van der Waals surface area contributed by atoms with Crippen molar-refractivity contribution in [2.75, 3.05) is 35.0 Å². The summed E-state index contributed by atoms with van der Waals surface area (Å²) < 4.78 is 26.3. The summed E-state index contributed by atoms with van der Waals surface area (Å²) in [5.74, 6) is -2.47. The quantitative estimate of drug-likeness (QED) is 0.0685. The van der Waals surface area contributed by atoms with Gasteiger partial charge in [0.15, 0.2) is 0 Å². The van der Waals surface area contributed by atoms with Crippen molar-refractivity contribution in [1.82, 2.24) is 0 Å². The predicted octanol–water partition coefficient (Wildman–Crippen LogP) is 11.6. The summed E-state index contributed by atoms with van der Waals surface area (Å²) in [6.45, 7) is 6.60. The fourth-order valence-corrected chi connectivity index (χ4v) is 6.92. The average Bonchev–Trinajstić information content (AvgIpc) is 3.91. The molecule has 6 atom stereocenters. The number of unbranched alkanes of at least 4 members (excludes halogenated alkanes) is 1. The number of benzene rings is 1. The van der Waals surface area contributed by atoms with Crippen LogP contribution in [-0.4, -0.2) is 115 Å². The third-order valence-electron chi connectivity index (χ3n) is 10.1. The number of para-hydroxylation sites is 1. The van der Waals surface area contributed by atoms with E-state index in [0.717, 1.165) is 44.3 Å². The number of ketones is 4. The van der Waals surface area contributed by atoms with Gasteiger partial charge in [-0.3, -0.25) is 33.6 Å².